The number of carbonyl (C=O) groups is 1. The lowest BCUT2D eigenvalue weighted by molar-refractivity contribution is 0.239. The quantitative estimate of drug-likeness (QED) is 0.678. The third-order valence-corrected chi connectivity index (χ3v) is 3.63. The molecular formula is C18H18N2O3. The van der Waals surface area contributed by atoms with Gasteiger partial charge in [0.25, 0.3) is 0 Å². The van der Waals surface area contributed by atoms with Crippen molar-refractivity contribution < 1.29 is 14.3 Å². The number of para-hydroxylation sites is 1. The van der Waals surface area contributed by atoms with Gasteiger partial charge in [0.2, 0.25) is 0 Å². The van der Waals surface area contributed by atoms with Gasteiger partial charge in [-0.3, -0.25) is 0 Å². The average Bonchev–Trinajstić information content (AvgIpc) is 3.01. The standard InChI is InChI=1S/C18H18N2O3/c21-12-15-7-2-1-6-14(15)10-19-18(22)20-11-16-9-13-5-3-4-8-17(13)23-16/h1-9,21H,10-12H2,(H2,19,20,22). The summed E-state index contributed by atoms with van der Waals surface area (Å²) in [6, 6.07) is 16.8. The van der Waals surface area contributed by atoms with Crippen LogP contribution in [0.3, 0.4) is 0 Å². The van der Waals surface area contributed by atoms with Crippen LogP contribution in [0.2, 0.25) is 0 Å². The maximum atomic E-state index is 11.9. The Balaban J connectivity index is 1.53. The molecule has 0 aliphatic rings. The normalized spacial score (nSPS) is 10.7. The van der Waals surface area contributed by atoms with Crippen LogP contribution in [0.25, 0.3) is 11.0 Å². The molecule has 0 aliphatic carbocycles. The fourth-order valence-corrected chi connectivity index (χ4v) is 2.41. The van der Waals surface area contributed by atoms with Crippen molar-refractivity contribution >= 4 is 17.0 Å². The van der Waals surface area contributed by atoms with E-state index in [4.69, 9.17) is 4.42 Å². The minimum atomic E-state index is -0.279. The molecule has 5 nitrogen and oxygen atoms in total. The smallest absolute Gasteiger partial charge is 0.315 e. The van der Waals surface area contributed by atoms with E-state index in [2.05, 4.69) is 10.6 Å². The number of urea groups is 1. The van der Waals surface area contributed by atoms with Crippen LogP contribution in [0.5, 0.6) is 0 Å². The molecule has 2 amide bonds. The second kappa shape index (κ2) is 6.98. The Kier molecular flexibility index (Phi) is 4.59. The molecule has 0 saturated heterocycles. The van der Waals surface area contributed by atoms with Crippen molar-refractivity contribution in [3.8, 4) is 0 Å². The van der Waals surface area contributed by atoms with E-state index in [1.165, 1.54) is 0 Å². The van der Waals surface area contributed by atoms with Gasteiger partial charge in [0, 0.05) is 11.9 Å². The van der Waals surface area contributed by atoms with Gasteiger partial charge in [0.1, 0.15) is 11.3 Å². The lowest BCUT2D eigenvalue weighted by Gasteiger charge is -2.09. The van der Waals surface area contributed by atoms with Crippen LogP contribution in [0.1, 0.15) is 16.9 Å². The van der Waals surface area contributed by atoms with Gasteiger partial charge in [-0.2, -0.15) is 0 Å². The summed E-state index contributed by atoms with van der Waals surface area (Å²) in [4.78, 5) is 11.9. The van der Waals surface area contributed by atoms with E-state index in [-0.39, 0.29) is 12.6 Å². The first-order valence-corrected chi connectivity index (χ1v) is 7.43. The van der Waals surface area contributed by atoms with E-state index in [9.17, 15) is 9.90 Å². The van der Waals surface area contributed by atoms with Crippen LogP contribution in [-0.2, 0) is 19.7 Å². The van der Waals surface area contributed by atoms with Crippen LogP contribution in [0, 0.1) is 0 Å². The maximum absolute atomic E-state index is 11.9. The number of rotatable bonds is 5. The molecule has 118 valence electrons. The summed E-state index contributed by atoms with van der Waals surface area (Å²) >= 11 is 0. The van der Waals surface area contributed by atoms with Gasteiger partial charge in [-0.1, -0.05) is 42.5 Å². The predicted octanol–water partition coefficient (Wildman–Crippen LogP) is 2.92. The van der Waals surface area contributed by atoms with Crippen molar-refractivity contribution in [3.05, 3.63) is 71.5 Å². The minimum Gasteiger partial charge on any atom is -0.459 e. The number of amides is 2. The van der Waals surface area contributed by atoms with Crippen LogP contribution in [0.15, 0.2) is 59.0 Å². The molecule has 23 heavy (non-hydrogen) atoms. The number of hydrogen-bond donors (Lipinski definition) is 3. The van der Waals surface area contributed by atoms with E-state index in [0.717, 1.165) is 22.1 Å². The molecule has 0 atom stereocenters. The summed E-state index contributed by atoms with van der Waals surface area (Å²) in [7, 11) is 0. The molecule has 3 N–H and O–H groups in total. The van der Waals surface area contributed by atoms with E-state index in [0.29, 0.717) is 18.8 Å². The van der Waals surface area contributed by atoms with Crippen LogP contribution in [0.4, 0.5) is 4.79 Å². The molecule has 0 unspecified atom stereocenters. The summed E-state index contributed by atoms with van der Waals surface area (Å²) in [5, 5.41) is 15.8. The Morgan fingerprint density at radius 2 is 1.65 bits per heavy atom. The second-order valence-corrected chi connectivity index (χ2v) is 5.21. The topological polar surface area (TPSA) is 74.5 Å². The molecule has 0 radical (unpaired) electrons. The van der Waals surface area contributed by atoms with Gasteiger partial charge in [0.05, 0.1) is 13.2 Å². The van der Waals surface area contributed by atoms with Gasteiger partial charge in [0.15, 0.2) is 0 Å². The number of nitrogens with one attached hydrogen (secondary N) is 2. The number of furan rings is 1. The van der Waals surface area contributed by atoms with Gasteiger partial charge >= 0.3 is 6.03 Å². The highest BCUT2D eigenvalue weighted by molar-refractivity contribution is 5.78. The SMILES string of the molecule is O=C(NCc1cc2ccccc2o1)NCc1ccccc1CO. The third-order valence-electron chi connectivity index (χ3n) is 3.63. The second-order valence-electron chi connectivity index (χ2n) is 5.21. The Labute approximate surface area is 133 Å². The van der Waals surface area contributed by atoms with E-state index < -0.39 is 0 Å². The van der Waals surface area contributed by atoms with Crippen molar-refractivity contribution in [2.24, 2.45) is 0 Å². The Bertz CT molecular complexity index is 778. The van der Waals surface area contributed by atoms with Crippen molar-refractivity contribution in [1.29, 1.82) is 0 Å². The molecule has 1 aromatic heterocycles. The van der Waals surface area contributed by atoms with E-state index in [1.807, 2.05) is 54.6 Å². The highest BCUT2D eigenvalue weighted by Gasteiger charge is 2.06. The number of carbonyl (C=O) groups excluding carboxylic acids is 1. The summed E-state index contributed by atoms with van der Waals surface area (Å²) < 4.78 is 5.64. The summed E-state index contributed by atoms with van der Waals surface area (Å²) in [6.45, 7) is 0.642. The monoisotopic (exact) mass is 310 g/mol. The molecule has 0 aliphatic heterocycles. The lowest BCUT2D eigenvalue weighted by Crippen LogP contribution is -2.34. The number of aliphatic hydroxyl groups excluding tert-OH is 1. The molecule has 2 aromatic carbocycles. The molecular weight excluding hydrogens is 292 g/mol. The average molecular weight is 310 g/mol. The van der Waals surface area contributed by atoms with Crippen LogP contribution < -0.4 is 10.6 Å². The lowest BCUT2D eigenvalue weighted by atomic mass is 10.1. The molecule has 3 rings (SSSR count). The minimum absolute atomic E-state index is 0.0432. The number of hydrogen-bond acceptors (Lipinski definition) is 3. The van der Waals surface area contributed by atoms with Gasteiger partial charge < -0.3 is 20.2 Å². The highest BCUT2D eigenvalue weighted by Crippen LogP contribution is 2.18. The zero-order valence-corrected chi connectivity index (χ0v) is 12.6. The van der Waals surface area contributed by atoms with E-state index in [1.54, 1.807) is 0 Å². The van der Waals surface area contributed by atoms with Crippen molar-refractivity contribution in [2.45, 2.75) is 19.7 Å². The molecule has 3 aromatic rings. The number of aliphatic hydroxyl groups is 1. The maximum Gasteiger partial charge on any atom is 0.315 e. The molecule has 0 saturated carbocycles. The van der Waals surface area contributed by atoms with Crippen molar-refractivity contribution in [3.63, 3.8) is 0 Å². The Morgan fingerprint density at radius 3 is 2.43 bits per heavy atom. The van der Waals surface area contributed by atoms with E-state index >= 15 is 0 Å². The zero-order chi connectivity index (χ0) is 16.1. The first-order valence-electron chi connectivity index (χ1n) is 7.43. The molecule has 0 spiro atoms. The van der Waals surface area contributed by atoms with Gasteiger partial charge in [-0.05, 0) is 23.3 Å². The molecule has 0 bridgehead atoms. The zero-order valence-electron chi connectivity index (χ0n) is 12.6. The van der Waals surface area contributed by atoms with Crippen molar-refractivity contribution in [1.82, 2.24) is 10.6 Å². The summed E-state index contributed by atoms with van der Waals surface area (Å²) in [6.07, 6.45) is 0. The Morgan fingerprint density at radius 1 is 0.957 bits per heavy atom. The first kappa shape index (κ1) is 15.1. The molecule has 1 heterocycles. The highest BCUT2D eigenvalue weighted by atomic mass is 16.3. The van der Waals surface area contributed by atoms with Crippen LogP contribution in [-0.4, -0.2) is 11.1 Å². The molecule has 0 fully saturated rings. The fourth-order valence-electron chi connectivity index (χ4n) is 2.41. The molecule has 5 heteroatoms. The number of fused-ring (bicyclic) bond motifs is 1. The number of benzene rings is 2. The predicted molar refractivity (Wildman–Crippen MR) is 87.7 cm³/mol. The third kappa shape index (κ3) is 3.70. The van der Waals surface area contributed by atoms with Gasteiger partial charge in [-0.15, -0.1) is 0 Å². The summed E-state index contributed by atoms with van der Waals surface area (Å²) in [5.74, 6) is 0.706. The van der Waals surface area contributed by atoms with Crippen LogP contribution >= 0.6 is 0 Å². The fraction of sp³-hybridized carbons (Fsp3) is 0.167. The summed E-state index contributed by atoms with van der Waals surface area (Å²) in [5.41, 5.74) is 2.51. The first-order chi connectivity index (χ1) is 11.3. The van der Waals surface area contributed by atoms with Gasteiger partial charge in [-0.25, -0.2) is 4.79 Å². The largest absolute Gasteiger partial charge is 0.459 e. The Hall–Kier alpha value is -2.79. The van der Waals surface area contributed by atoms with Crippen molar-refractivity contribution in [2.75, 3.05) is 0 Å².